The maximum atomic E-state index is 10.2. The Balaban J connectivity index is 3.92. The molecule has 0 radical (unpaired) electrons. The second-order valence-corrected chi connectivity index (χ2v) is 1.68. The fourth-order valence-corrected chi connectivity index (χ4v) is 0.223. The molecule has 0 fully saturated rings. The number of nitrogens with two attached hydrogens (primary N) is 4. The second kappa shape index (κ2) is 3.09. The topological polar surface area (TPSA) is 189 Å². The van der Waals surface area contributed by atoms with Gasteiger partial charge in [-0.2, -0.15) is 0 Å². The van der Waals surface area contributed by atoms with E-state index >= 15 is 0 Å². The van der Waals surface area contributed by atoms with Crippen LogP contribution in [0.25, 0.3) is 0 Å². The average Bonchev–Trinajstić information content (AvgIpc) is 1.49. The van der Waals surface area contributed by atoms with Crippen molar-refractivity contribution in [1.29, 1.82) is 0 Å². The predicted octanol–water partition coefficient (Wildman–Crippen LogP) is -3.42. The van der Waals surface area contributed by atoms with E-state index in [4.69, 9.17) is 0 Å². The van der Waals surface area contributed by atoms with Gasteiger partial charge in [-0.3, -0.25) is 0 Å². The van der Waals surface area contributed by atoms with E-state index in [9.17, 15) is 15.3 Å². The Kier molecular flexibility index (Phi) is 2.80. The van der Waals surface area contributed by atoms with Crippen LogP contribution in [0.4, 0.5) is 0 Å². The van der Waals surface area contributed by atoms with Crippen LogP contribution in [-0.4, -0.2) is 15.1 Å². The van der Waals surface area contributed by atoms with Gasteiger partial charge in [-0.1, -0.05) is 0 Å². The van der Waals surface area contributed by atoms with Crippen molar-refractivity contribution in [3.63, 3.8) is 0 Å². The summed E-state index contributed by atoms with van der Waals surface area (Å²) in [6.45, 7) is 0. The minimum Gasteiger partial charge on any atom is -0.542 e. The molecule has 0 unspecified atom stereocenters. The summed E-state index contributed by atoms with van der Waals surface area (Å²) in [5.41, 5.74) is 0. The standard InChI is InChI=1S/H8N7O5/c1-6(2,9)11-5(8)12-7(3,4)10/h1-4H2/q+1. The van der Waals surface area contributed by atoms with Crippen LogP contribution in [0.3, 0.4) is 0 Å². The third-order valence-corrected chi connectivity index (χ3v) is 0.389. The summed E-state index contributed by atoms with van der Waals surface area (Å²) in [6.07, 6.45) is 0. The maximum absolute atomic E-state index is 10.2. The van der Waals surface area contributed by atoms with E-state index < -0.39 is 15.1 Å². The quantitative estimate of drug-likeness (QED) is 0.196. The highest BCUT2D eigenvalue weighted by Crippen LogP contribution is 1.92. The Morgan fingerprint density at radius 1 is 1.00 bits per heavy atom. The Morgan fingerprint density at radius 3 is 1.42 bits per heavy atom. The lowest BCUT2D eigenvalue weighted by molar-refractivity contribution is -1.37. The first-order valence-electron chi connectivity index (χ1n) is 2.31. The van der Waals surface area contributed by atoms with Gasteiger partial charge >= 0.3 is 5.09 Å². The molecule has 0 atom stereocenters. The normalized spacial score (nSPS) is 12.5. The highest BCUT2D eigenvalue weighted by Gasteiger charge is 2.33. The fourth-order valence-electron chi connectivity index (χ4n) is 0.223. The van der Waals surface area contributed by atoms with Gasteiger partial charge in [-0.15, -0.1) is 23.4 Å². The van der Waals surface area contributed by atoms with Crippen LogP contribution >= 0.6 is 0 Å². The van der Waals surface area contributed by atoms with E-state index in [0.29, 0.717) is 0 Å². The van der Waals surface area contributed by atoms with E-state index in [2.05, 4.69) is 33.2 Å². The molecule has 8 N–H and O–H groups in total. The molecule has 0 saturated carbocycles. The van der Waals surface area contributed by atoms with E-state index in [-0.39, 0.29) is 0 Å². The highest BCUT2D eigenvalue weighted by atomic mass is 17.3. The molecule has 0 aliphatic carbocycles. The van der Waals surface area contributed by atoms with Gasteiger partial charge < -0.3 is 10.4 Å². The lowest BCUT2D eigenvalue weighted by atomic mass is 12.2. The first-order valence-corrected chi connectivity index (χ1v) is 2.31. The Bertz CT molecular complexity index is 144. The Morgan fingerprint density at radius 2 is 1.25 bits per heavy atom. The maximum Gasteiger partial charge on any atom is 0.589 e. The van der Waals surface area contributed by atoms with Gasteiger partial charge in [0.2, 0.25) is 0 Å². The van der Waals surface area contributed by atoms with Crippen molar-refractivity contribution < 1.29 is 25.0 Å². The average molecular weight is 186 g/mol. The molecule has 12 nitrogen and oxygen atoms in total. The molecule has 0 amide bonds. The van der Waals surface area contributed by atoms with Crippen LogP contribution < -0.4 is 23.4 Å². The smallest absolute Gasteiger partial charge is 0.542 e. The molecule has 0 bridgehead atoms. The zero-order valence-corrected chi connectivity index (χ0v) is 5.69. The van der Waals surface area contributed by atoms with Gasteiger partial charge in [-0.05, 0) is 0 Å². The first-order chi connectivity index (χ1) is 5.10. The van der Waals surface area contributed by atoms with Crippen LogP contribution in [0, 0.1) is 15.3 Å². The molecule has 0 aromatic carbocycles. The van der Waals surface area contributed by atoms with Gasteiger partial charge in [0.15, 0.2) is 0 Å². The molecule has 0 saturated heterocycles. The molecule has 72 valence electrons. The summed E-state index contributed by atoms with van der Waals surface area (Å²) in [5.74, 6) is 17.5. The van der Waals surface area contributed by atoms with E-state index in [1.54, 1.807) is 0 Å². The summed E-state index contributed by atoms with van der Waals surface area (Å²) < 4.78 is 0. The monoisotopic (exact) mass is 186 g/mol. The molecule has 0 aromatic rings. The van der Waals surface area contributed by atoms with E-state index in [0.717, 1.165) is 0 Å². The Labute approximate surface area is 65.0 Å². The predicted molar refractivity (Wildman–Crippen MR) is 29.8 cm³/mol. The van der Waals surface area contributed by atoms with Crippen LogP contribution in [0.5, 0.6) is 0 Å². The molecule has 0 aliphatic rings. The summed E-state index contributed by atoms with van der Waals surface area (Å²) >= 11 is 0. The number of nitrogens with zero attached hydrogens (tertiary/aromatic N) is 3. The van der Waals surface area contributed by atoms with Crippen LogP contribution in [0.2, 0.25) is 0 Å². The van der Waals surface area contributed by atoms with Crippen molar-refractivity contribution in [3.8, 4) is 0 Å². The molecule has 12 heteroatoms. The summed E-state index contributed by atoms with van der Waals surface area (Å²) in [7, 11) is 0. The minimum atomic E-state index is -2.44. The number of quaternary nitrogens is 2. The van der Waals surface area contributed by atoms with Crippen LogP contribution in [-0.2, 0) is 9.88 Å². The Hall–Kier alpha value is -1.12. The van der Waals surface area contributed by atoms with Crippen molar-refractivity contribution in [2.24, 2.45) is 23.4 Å². The summed E-state index contributed by atoms with van der Waals surface area (Å²) in [5, 5.41) is 14.4. The molecule has 0 aliphatic heterocycles. The third kappa shape index (κ3) is 6.99. The van der Waals surface area contributed by atoms with Crippen molar-refractivity contribution in [1.82, 2.24) is 0 Å². The first kappa shape index (κ1) is 10.9. The van der Waals surface area contributed by atoms with Gasteiger partial charge in [-0.25, -0.2) is 0 Å². The van der Waals surface area contributed by atoms with E-state index in [1.165, 1.54) is 0 Å². The minimum absolute atomic E-state index is 1.01. The van der Waals surface area contributed by atoms with Crippen molar-refractivity contribution in [3.05, 3.63) is 15.3 Å². The highest BCUT2D eigenvalue weighted by molar-refractivity contribution is 3.90. The van der Waals surface area contributed by atoms with Crippen molar-refractivity contribution in [2.45, 2.75) is 0 Å². The summed E-state index contributed by atoms with van der Waals surface area (Å²) in [6, 6.07) is 0. The molecule has 12 heavy (non-hydrogen) atoms. The summed E-state index contributed by atoms with van der Waals surface area (Å²) in [4.78, 5) is 17.1. The van der Waals surface area contributed by atoms with Crippen molar-refractivity contribution >= 4 is 0 Å². The zero-order valence-electron chi connectivity index (χ0n) is 5.69. The van der Waals surface area contributed by atoms with E-state index in [1.807, 2.05) is 0 Å². The number of hydrogen-bond acceptors (Lipinski definition) is 9. The van der Waals surface area contributed by atoms with Gasteiger partial charge in [0.05, 0.1) is 19.9 Å². The zero-order chi connectivity index (χ0) is 9.99. The third-order valence-electron chi connectivity index (χ3n) is 0.389. The van der Waals surface area contributed by atoms with Crippen molar-refractivity contribution in [2.75, 3.05) is 0 Å². The second-order valence-electron chi connectivity index (χ2n) is 1.68. The molecular formula is H8N7O5+. The SMILES string of the molecule is N[N+](N)([O-])O[N+](=O)O[N+](N)(N)[O-]. The van der Waals surface area contributed by atoms with Crippen LogP contribution in [0.15, 0.2) is 0 Å². The molecule has 0 rings (SSSR count). The number of rotatable bonds is 4. The molecular weight excluding hydrogens is 178 g/mol. The lowest BCUT2D eigenvalue weighted by Crippen LogP contribution is -2.61. The molecule has 0 heterocycles. The van der Waals surface area contributed by atoms with Gasteiger partial charge in [0, 0.05) is 0 Å². The van der Waals surface area contributed by atoms with Crippen LogP contribution in [0.1, 0.15) is 0 Å². The van der Waals surface area contributed by atoms with Gasteiger partial charge in [0.25, 0.3) is 0 Å². The lowest BCUT2D eigenvalue weighted by Gasteiger charge is -2.19. The number of hydrogen-bond donors (Lipinski definition) is 4. The van der Waals surface area contributed by atoms with Gasteiger partial charge in [0.1, 0.15) is 4.91 Å². The fraction of sp³-hybridized carbons (Fsp3) is 0. The largest absolute Gasteiger partial charge is 0.589 e. The molecule has 0 spiro atoms. The molecule has 0 aromatic heterocycles.